The van der Waals surface area contributed by atoms with Gasteiger partial charge < -0.3 is 14.4 Å². The molecule has 0 radical (unpaired) electrons. The summed E-state index contributed by atoms with van der Waals surface area (Å²) in [4.78, 5) is 17.9. The number of carbonyl (C=O) groups excluding carboxylic acids is 1. The molecule has 0 saturated heterocycles. The van der Waals surface area contributed by atoms with Gasteiger partial charge in [-0.1, -0.05) is 29.8 Å². The Balaban J connectivity index is 1.70. The van der Waals surface area contributed by atoms with Crippen molar-refractivity contribution in [3.63, 3.8) is 0 Å². The Labute approximate surface area is 177 Å². The summed E-state index contributed by atoms with van der Waals surface area (Å²) in [5.41, 5.74) is 3.00. The molecule has 0 atom stereocenters. The fraction of sp³-hybridized carbons (Fsp3) is 0.190. The Bertz CT molecular complexity index is 1060. The molecule has 4 nitrogen and oxygen atoms in total. The van der Waals surface area contributed by atoms with Crippen LogP contribution in [0.5, 0.6) is 11.5 Å². The number of hydrogen-bond acceptors (Lipinski definition) is 5. The number of thiophene rings is 1. The van der Waals surface area contributed by atoms with Gasteiger partial charge in [0.2, 0.25) is 0 Å². The minimum Gasteiger partial charge on any atom is -0.495 e. The van der Waals surface area contributed by atoms with Crippen LogP contribution in [-0.4, -0.2) is 27.2 Å². The molecule has 0 spiro atoms. The maximum Gasteiger partial charge on any atom is 0.268 e. The van der Waals surface area contributed by atoms with E-state index in [2.05, 4.69) is 12.1 Å². The number of methoxy groups -OCH3 is 2. The van der Waals surface area contributed by atoms with Gasteiger partial charge in [-0.15, -0.1) is 23.1 Å². The highest BCUT2D eigenvalue weighted by molar-refractivity contribution is 7.98. The molecular weight excluding hydrogens is 414 g/mol. The smallest absolute Gasteiger partial charge is 0.268 e. The fourth-order valence-corrected chi connectivity index (χ4v) is 5.81. The molecule has 0 aliphatic carbocycles. The molecule has 0 unspecified atom stereocenters. The van der Waals surface area contributed by atoms with Gasteiger partial charge in [-0.05, 0) is 23.8 Å². The van der Waals surface area contributed by atoms with E-state index in [0.29, 0.717) is 27.1 Å². The fourth-order valence-electron chi connectivity index (χ4n) is 3.19. The lowest BCUT2D eigenvalue weighted by atomic mass is 10.1. The number of carbonyl (C=O) groups is 1. The molecule has 2 heterocycles. The van der Waals surface area contributed by atoms with Gasteiger partial charge in [-0.3, -0.25) is 4.79 Å². The molecular formula is C21H18ClNO3S2. The normalized spacial score (nSPS) is 12.1. The van der Waals surface area contributed by atoms with Crippen molar-refractivity contribution in [1.82, 2.24) is 0 Å². The van der Waals surface area contributed by atoms with Crippen LogP contribution in [0.25, 0.3) is 10.4 Å². The Morgan fingerprint density at radius 3 is 2.61 bits per heavy atom. The summed E-state index contributed by atoms with van der Waals surface area (Å²) in [5, 5.41) is 0.425. The summed E-state index contributed by atoms with van der Waals surface area (Å²) < 4.78 is 10.7. The number of benzene rings is 2. The molecule has 144 valence electrons. The standard InChI is InChI=1S/C21H18ClNO3S2/c1-23(15-9-14(22)16(25-2)10-17(15)26-3)21(24)19-8-12-11-27-18-7-5-4-6-13(18)20(12)28-19/h4-10H,11H2,1-3H3. The van der Waals surface area contributed by atoms with Crippen molar-refractivity contribution in [3.05, 3.63) is 57.9 Å². The Morgan fingerprint density at radius 1 is 1.11 bits per heavy atom. The molecule has 7 heteroatoms. The van der Waals surface area contributed by atoms with Gasteiger partial charge in [0.15, 0.2) is 0 Å². The van der Waals surface area contributed by atoms with Gasteiger partial charge in [-0.25, -0.2) is 0 Å². The number of rotatable bonds is 4. The number of ether oxygens (including phenoxy) is 2. The number of amides is 1. The Hall–Kier alpha value is -2.15. The monoisotopic (exact) mass is 431 g/mol. The number of thioether (sulfide) groups is 1. The summed E-state index contributed by atoms with van der Waals surface area (Å²) in [5.74, 6) is 1.81. The second-order valence-corrected chi connectivity index (χ2v) is 8.75. The lowest BCUT2D eigenvalue weighted by Gasteiger charge is -2.20. The van der Waals surface area contributed by atoms with E-state index in [1.54, 1.807) is 50.1 Å². The Kier molecular flexibility index (Phi) is 5.27. The quantitative estimate of drug-likeness (QED) is 0.510. The predicted octanol–water partition coefficient (Wildman–Crippen LogP) is 5.97. The average Bonchev–Trinajstić information content (AvgIpc) is 3.17. The van der Waals surface area contributed by atoms with E-state index >= 15 is 0 Å². The largest absolute Gasteiger partial charge is 0.495 e. The van der Waals surface area contributed by atoms with Crippen LogP contribution in [0, 0.1) is 0 Å². The zero-order chi connectivity index (χ0) is 19.8. The summed E-state index contributed by atoms with van der Waals surface area (Å²) >= 11 is 9.61. The first-order valence-corrected chi connectivity index (χ1v) is 10.8. The van der Waals surface area contributed by atoms with Gasteiger partial charge in [0.1, 0.15) is 11.5 Å². The molecule has 4 rings (SSSR count). The van der Waals surface area contributed by atoms with Crippen molar-refractivity contribution < 1.29 is 14.3 Å². The highest BCUT2D eigenvalue weighted by Crippen LogP contribution is 2.46. The maximum absolute atomic E-state index is 13.2. The summed E-state index contributed by atoms with van der Waals surface area (Å²) in [6, 6.07) is 13.7. The topological polar surface area (TPSA) is 38.8 Å². The van der Waals surface area contributed by atoms with Crippen LogP contribution in [-0.2, 0) is 5.75 Å². The van der Waals surface area contributed by atoms with Crippen molar-refractivity contribution in [2.45, 2.75) is 10.6 Å². The van der Waals surface area contributed by atoms with Gasteiger partial charge in [0.25, 0.3) is 5.91 Å². The van der Waals surface area contributed by atoms with E-state index in [-0.39, 0.29) is 5.91 Å². The molecule has 0 fully saturated rings. The third-order valence-corrected chi connectivity index (χ3v) is 7.27. The highest BCUT2D eigenvalue weighted by Gasteiger charge is 2.25. The van der Waals surface area contributed by atoms with Crippen molar-refractivity contribution in [3.8, 4) is 21.9 Å². The van der Waals surface area contributed by atoms with Crippen LogP contribution >= 0.6 is 34.7 Å². The lowest BCUT2D eigenvalue weighted by Crippen LogP contribution is -2.26. The first-order chi connectivity index (χ1) is 13.5. The second-order valence-electron chi connectivity index (χ2n) is 6.27. The van der Waals surface area contributed by atoms with Crippen molar-refractivity contribution in [2.75, 3.05) is 26.2 Å². The number of hydrogen-bond donors (Lipinski definition) is 0. The van der Waals surface area contributed by atoms with E-state index in [9.17, 15) is 4.79 Å². The van der Waals surface area contributed by atoms with Crippen LogP contribution in [0.1, 0.15) is 15.2 Å². The van der Waals surface area contributed by atoms with Gasteiger partial charge >= 0.3 is 0 Å². The number of anilines is 1. The number of fused-ring (bicyclic) bond motifs is 3. The first kappa shape index (κ1) is 19.2. The predicted molar refractivity (Wildman–Crippen MR) is 117 cm³/mol. The first-order valence-electron chi connectivity index (χ1n) is 8.58. The zero-order valence-corrected chi connectivity index (χ0v) is 18.0. The van der Waals surface area contributed by atoms with Crippen molar-refractivity contribution >= 4 is 46.3 Å². The van der Waals surface area contributed by atoms with Gasteiger partial charge in [-0.2, -0.15) is 0 Å². The second kappa shape index (κ2) is 7.70. The molecule has 1 aliphatic heterocycles. The molecule has 3 aromatic rings. The molecule has 2 aromatic carbocycles. The molecule has 0 saturated carbocycles. The number of nitrogens with zero attached hydrogens (tertiary/aromatic N) is 1. The zero-order valence-electron chi connectivity index (χ0n) is 15.6. The van der Waals surface area contributed by atoms with Crippen molar-refractivity contribution in [1.29, 1.82) is 0 Å². The molecule has 0 N–H and O–H groups in total. The Morgan fingerprint density at radius 2 is 1.86 bits per heavy atom. The van der Waals surface area contributed by atoms with Crippen LogP contribution in [0.4, 0.5) is 5.69 Å². The van der Waals surface area contributed by atoms with E-state index < -0.39 is 0 Å². The van der Waals surface area contributed by atoms with E-state index in [4.69, 9.17) is 21.1 Å². The third kappa shape index (κ3) is 3.26. The van der Waals surface area contributed by atoms with E-state index in [0.717, 1.165) is 5.75 Å². The number of halogens is 1. The highest BCUT2D eigenvalue weighted by atomic mass is 35.5. The minimum absolute atomic E-state index is 0.0959. The third-order valence-electron chi connectivity index (χ3n) is 4.65. The van der Waals surface area contributed by atoms with Crippen LogP contribution < -0.4 is 14.4 Å². The van der Waals surface area contributed by atoms with Crippen LogP contribution in [0.3, 0.4) is 0 Å². The van der Waals surface area contributed by atoms with Crippen LogP contribution in [0.2, 0.25) is 5.02 Å². The summed E-state index contributed by atoms with van der Waals surface area (Å²) in [7, 11) is 4.83. The van der Waals surface area contributed by atoms with Gasteiger partial charge in [0.05, 0.1) is 29.8 Å². The molecule has 1 aliphatic rings. The van der Waals surface area contributed by atoms with E-state index in [1.165, 1.54) is 32.2 Å². The van der Waals surface area contributed by atoms with E-state index in [1.807, 2.05) is 18.2 Å². The lowest BCUT2D eigenvalue weighted by molar-refractivity contribution is 0.0996. The molecule has 28 heavy (non-hydrogen) atoms. The molecule has 1 amide bonds. The molecule has 1 aromatic heterocycles. The minimum atomic E-state index is -0.0959. The van der Waals surface area contributed by atoms with Gasteiger partial charge in [0, 0.05) is 34.2 Å². The average molecular weight is 432 g/mol. The van der Waals surface area contributed by atoms with Crippen molar-refractivity contribution in [2.24, 2.45) is 0 Å². The molecule has 0 bridgehead atoms. The summed E-state index contributed by atoms with van der Waals surface area (Å²) in [6.07, 6.45) is 0. The summed E-state index contributed by atoms with van der Waals surface area (Å²) in [6.45, 7) is 0. The maximum atomic E-state index is 13.2. The van der Waals surface area contributed by atoms with Crippen LogP contribution in [0.15, 0.2) is 47.4 Å². The SMILES string of the molecule is COc1cc(OC)c(N(C)C(=O)c2cc3c(s2)-c2ccccc2SC3)cc1Cl.